The van der Waals surface area contributed by atoms with Gasteiger partial charge in [-0.25, -0.2) is 0 Å². The molecule has 0 aliphatic carbocycles. The maximum atomic E-state index is 12.7. The maximum Gasteiger partial charge on any atom is 0.435 e. The lowest BCUT2D eigenvalue weighted by Gasteiger charge is -2.34. The molecular weight excluding hydrogens is 335 g/mol. The largest absolute Gasteiger partial charge is 0.435 e. The molecule has 0 bridgehead atoms. The summed E-state index contributed by atoms with van der Waals surface area (Å²) >= 11 is 0. The molecule has 1 N–H and O–H groups in total. The Morgan fingerprint density at radius 1 is 1.44 bits per heavy atom. The molecule has 2 aromatic heterocycles. The zero-order chi connectivity index (χ0) is 18.2. The van der Waals surface area contributed by atoms with Crippen molar-refractivity contribution in [3.63, 3.8) is 0 Å². The molecule has 0 saturated carbocycles. The Balaban J connectivity index is 1.56. The molecule has 1 atom stereocenters. The lowest BCUT2D eigenvalue weighted by molar-refractivity contribution is -0.141. The molecule has 0 spiro atoms. The first-order chi connectivity index (χ1) is 11.7. The number of carbonyl (C=O) groups is 1. The van der Waals surface area contributed by atoms with Crippen molar-refractivity contribution in [3.8, 4) is 0 Å². The van der Waals surface area contributed by atoms with Crippen LogP contribution in [0, 0.1) is 6.92 Å². The number of carbonyl (C=O) groups excluding carboxylic acids is 1. The first kappa shape index (κ1) is 17.5. The van der Waals surface area contributed by atoms with E-state index in [0.29, 0.717) is 12.2 Å². The van der Waals surface area contributed by atoms with Gasteiger partial charge in [0.15, 0.2) is 5.69 Å². The number of fused-ring (bicyclic) bond motifs is 1. The van der Waals surface area contributed by atoms with Gasteiger partial charge < -0.3 is 9.88 Å². The van der Waals surface area contributed by atoms with E-state index in [1.165, 1.54) is 12.6 Å². The molecule has 2 aromatic rings. The van der Waals surface area contributed by atoms with E-state index >= 15 is 0 Å². The van der Waals surface area contributed by atoms with Crippen molar-refractivity contribution in [2.45, 2.75) is 38.8 Å². The van der Waals surface area contributed by atoms with Crippen LogP contribution in [0.4, 0.5) is 13.2 Å². The minimum absolute atomic E-state index is 0.133. The number of rotatable bonds is 4. The highest BCUT2D eigenvalue weighted by atomic mass is 19.4. The predicted octanol–water partition coefficient (Wildman–Crippen LogP) is 1.64. The number of nitrogens with zero attached hydrogens (tertiary/aromatic N) is 4. The van der Waals surface area contributed by atoms with Crippen LogP contribution in [0.1, 0.15) is 17.1 Å². The maximum absolute atomic E-state index is 12.7. The van der Waals surface area contributed by atoms with Gasteiger partial charge in [0.05, 0.1) is 0 Å². The highest BCUT2D eigenvalue weighted by Crippen LogP contribution is 2.28. The molecule has 0 aromatic carbocycles. The Morgan fingerprint density at radius 3 is 2.88 bits per heavy atom. The third-order valence-electron chi connectivity index (χ3n) is 4.47. The average molecular weight is 355 g/mol. The summed E-state index contributed by atoms with van der Waals surface area (Å²) < 4.78 is 41.2. The van der Waals surface area contributed by atoms with Gasteiger partial charge in [-0.1, -0.05) is 0 Å². The zero-order valence-corrected chi connectivity index (χ0v) is 14.0. The molecule has 25 heavy (non-hydrogen) atoms. The van der Waals surface area contributed by atoms with Crippen molar-refractivity contribution < 1.29 is 18.0 Å². The Morgan fingerprint density at radius 2 is 2.20 bits per heavy atom. The molecule has 136 valence electrons. The van der Waals surface area contributed by atoms with E-state index in [0.717, 1.165) is 23.8 Å². The second-order valence-electron chi connectivity index (χ2n) is 6.35. The first-order valence-corrected chi connectivity index (χ1v) is 7.96. The first-order valence-electron chi connectivity index (χ1n) is 7.96. The van der Waals surface area contributed by atoms with Gasteiger partial charge in [0.25, 0.3) is 0 Å². The summed E-state index contributed by atoms with van der Waals surface area (Å²) in [5.41, 5.74) is 0.538. The molecule has 1 aliphatic rings. The summed E-state index contributed by atoms with van der Waals surface area (Å²) in [6, 6.07) is 5.12. The van der Waals surface area contributed by atoms with Gasteiger partial charge in [0.1, 0.15) is 6.54 Å². The summed E-state index contributed by atoms with van der Waals surface area (Å²) in [4.78, 5) is 14.2. The van der Waals surface area contributed by atoms with Gasteiger partial charge in [-0.3, -0.25) is 14.4 Å². The molecule has 0 saturated heterocycles. The van der Waals surface area contributed by atoms with Gasteiger partial charge in [-0.15, -0.1) is 0 Å². The van der Waals surface area contributed by atoms with E-state index in [1.54, 1.807) is 0 Å². The Labute approximate surface area is 143 Å². The SMILES string of the molecule is Cc1cc(C(F)(F)F)nn1CC(=O)NCC1Cn2cccc2CN1C. The molecule has 3 rings (SSSR count). The zero-order valence-electron chi connectivity index (χ0n) is 14.0. The van der Waals surface area contributed by atoms with E-state index in [9.17, 15) is 18.0 Å². The molecule has 1 unspecified atom stereocenters. The summed E-state index contributed by atoms with van der Waals surface area (Å²) in [6.45, 7) is 3.25. The van der Waals surface area contributed by atoms with Gasteiger partial charge >= 0.3 is 6.18 Å². The number of alkyl halides is 3. The van der Waals surface area contributed by atoms with Gasteiger partial charge in [0, 0.05) is 43.3 Å². The quantitative estimate of drug-likeness (QED) is 0.907. The van der Waals surface area contributed by atoms with E-state index < -0.39 is 11.9 Å². The van der Waals surface area contributed by atoms with Crippen molar-refractivity contribution in [3.05, 3.63) is 41.5 Å². The summed E-state index contributed by atoms with van der Waals surface area (Å²) in [5.74, 6) is -0.355. The number of hydrogen-bond acceptors (Lipinski definition) is 3. The van der Waals surface area contributed by atoms with Crippen LogP contribution < -0.4 is 5.32 Å². The predicted molar refractivity (Wildman–Crippen MR) is 84.7 cm³/mol. The molecule has 0 radical (unpaired) electrons. The van der Waals surface area contributed by atoms with Gasteiger partial charge in [-0.2, -0.15) is 18.3 Å². The molecule has 9 heteroatoms. The summed E-state index contributed by atoms with van der Waals surface area (Å²) in [6.07, 6.45) is -2.51. The van der Waals surface area contributed by atoms with Gasteiger partial charge in [0.2, 0.25) is 5.91 Å². The number of halogens is 3. The van der Waals surface area contributed by atoms with Crippen molar-refractivity contribution in [2.24, 2.45) is 0 Å². The summed E-state index contributed by atoms with van der Waals surface area (Å²) in [5, 5.41) is 6.26. The van der Waals surface area contributed by atoms with E-state index in [1.807, 2.05) is 19.3 Å². The minimum atomic E-state index is -4.51. The number of hydrogen-bond donors (Lipinski definition) is 1. The van der Waals surface area contributed by atoms with Crippen LogP contribution in [-0.4, -0.2) is 44.8 Å². The average Bonchev–Trinajstić information content (AvgIpc) is 3.11. The Kier molecular flexibility index (Phi) is 4.59. The van der Waals surface area contributed by atoms with E-state index in [-0.39, 0.29) is 18.5 Å². The standard InChI is InChI=1S/C16H20F3N5O/c1-11-6-14(16(17,18)19)21-24(11)10-15(25)20-7-13-9-23-5-3-4-12(23)8-22(13)2/h3-6,13H,7-10H2,1-2H3,(H,20,25). The molecule has 0 fully saturated rings. The Hall–Kier alpha value is -2.29. The molecule has 1 amide bonds. The number of likely N-dealkylation sites (N-methyl/N-ethyl adjacent to an activating group) is 1. The monoisotopic (exact) mass is 355 g/mol. The highest BCUT2D eigenvalue weighted by molar-refractivity contribution is 5.75. The number of aromatic nitrogens is 3. The van der Waals surface area contributed by atoms with Gasteiger partial charge in [-0.05, 0) is 32.2 Å². The lowest BCUT2D eigenvalue weighted by atomic mass is 10.2. The van der Waals surface area contributed by atoms with Crippen molar-refractivity contribution in [2.75, 3.05) is 13.6 Å². The van der Waals surface area contributed by atoms with Crippen LogP contribution in [0.3, 0.4) is 0 Å². The second-order valence-corrected chi connectivity index (χ2v) is 6.35. The third-order valence-corrected chi connectivity index (χ3v) is 4.47. The summed E-state index contributed by atoms with van der Waals surface area (Å²) in [7, 11) is 1.99. The molecular formula is C16H20F3N5O. The fourth-order valence-corrected chi connectivity index (χ4v) is 2.97. The topological polar surface area (TPSA) is 55.1 Å². The van der Waals surface area contributed by atoms with Crippen molar-refractivity contribution >= 4 is 5.91 Å². The lowest BCUT2D eigenvalue weighted by Crippen LogP contribution is -2.47. The number of nitrogens with one attached hydrogen (secondary N) is 1. The molecule has 6 nitrogen and oxygen atoms in total. The second kappa shape index (κ2) is 6.55. The van der Waals surface area contributed by atoms with E-state index in [4.69, 9.17) is 0 Å². The van der Waals surface area contributed by atoms with Crippen LogP contribution in [0.15, 0.2) is 24.4 Å². The normalized spacial score (nSPS) is 18.2. The fourth-order valence-electron chi connectivity index (χ4n) is 2.97. The fraction of sp³-hybridized carbons (Fsp3) is 0.500. The Bertz CT molecular complexity index is 764. The van der Waals surface area contributed by atoms with E-state index in [2.05, 4.69) is 25.9 Å². The number of aryl methyl sites for hydroxylation is 1. The van der Waals surface area contributed by atoms with Crippen molar-refractivity contribution in [1.29, 1.82) is 0 Å². The highest BCUT2D eigenvalue weighted by Gasteiger charge is 2.34. The molecule has 1 aliphatic heterocycles. The minimum Gasteiger partial charge on any atom is -0.353 e. The van der Waals surface area contributed by atoms with Crippen LogP contribution in [0.25, 0.3) is 0 Å². The third kappa shape index (κ3) is 3.87. The van der Waals surface area contributed by atoms with Crippen LogP contribution in [0.5, 0.6) is 0 Å². The van der Waals surface area contributed by atoms with Crippen LogP contribution in [0.2, 0.25) is 0 Å². The smallest absolute Gasteiger partial charge is 0.353 e. The number of amides is 1. The van der Waals surface area contributed by atoms with Crippen molar-refractivity contribution in [1.82, 2.24) is 24.6 Å². The van der Waals surface area contributed by atoms with Crippen LogP contribution >= 0.6 is 0 Å². The molecule has 3 heterocycles. The van der Waals surface area contributed by atoms with Crippen LogP contribution in [-0.2, 0) is 30.6 Å².